The van der Waals surface area contributed by atoms with Crippen molar-refractivity contribution in [2.24, 2.45) is 0 Å². The lowest BCUT2D eigenvalue weighted by Crippen LogP contribution is -2.42. The van der Waals surface area contributed by atoms with Crippen LogP contribution in [0.25, 0.3) is 0 Å². The van der Waals surface area contributed by atoms with E-state index in [-0.39, 0.29) is 6.61 Å². The Morgan fingerprint density at radius 3 is 2.71 bits per heavy atom. The van der Waals surface area contributed by atoms with E-state index in [1.54, 1.807) is 0 Å². The lowest BCUT2D eigenvalue weighted by Gasteiger charge is -2.40. The van der Waals surface area contributed by atoms with Crippen LogP contribution in [-0.4, -0.2) is 30.3 Å². The van der Waals surface area contributed by atoms with Gasteiger partial charge in [-0.25, -0.2) is 0 Å². The second-order valence-electron chi connectivity index (χ2n) is 6.16. The average molecular weight is 311 g/mol. The Labute approximate surface area is 133 Å². The molecule has 1 fully saturated rings. The summed E-state index contributed by atoms with van der Waals surface area (Å²) in [5.41, 5.74) is 2.52. The van der Waals surface area contributed by atoms with Crippen LogP contribution in [0, 0.1) is 0 Å². The van der Waals surface area contributed by atoms with E-state index in [0.29, 0.717) is 12.1 Å². The van der Waals surface area contributed by atoms with E-state index in [4.69, 9.17) is 16.7 Å². The molecular weight excluding hydrogens is 284 g/mol. The summed E-state index contributed by atoms with van der Waals surface area (Å²) >= 11 is 6.18. The third-order valence-electron chi connectivity index (χ3n) is 4.12. The number of hydrogen-bond donors (Lipinski definition) is 2. The Morgan fingerprint density at radius 2 is 2.14 bits per heavy atom. The summed E-state index contributed by atoms with van der Waals surface area (Å²) < 4.78 is 0. The minimum atomic E-state index is 0.246. The van der Waals surface area contributed by atoms with Gasteiger partial charge in [0.05, 0.1) is 0 Å². The molecule has 1 aromatic rings. The van der Waals surface area contributed by atoms with E-state index in [1.165, 1.54) is 30.5 Å². The summed E-state index contributed by atoms with van der Waals surface area (Å²) in [6.07, 6.45) is 4.64. The molecular formula is C17H27ClN2O. The zero-order valence-electron chi connectivity index (χ0n) is 13.1. The maximum absolute atomic E-state index is 9.16. The first kappa shape index (κ1) is 16.6. The summed E-state index contributed by atoms with van der Waals surface area (Å²) in [4.78, 5) is 2.47. The maximum Gasteiger partial charge on any atom is 0.0447 e. The van der Waals surface area contributed by atoms with E-state index >= 15 is 0 Å². The number of anilines is 1. The molecule has 2 N–H and O–H groups in total. The lowest BCUT2D eigenvalue weighted by molar-refractivity contribution is 0.283. The van der Waals surface area contributed by atoms with Crippen LogP contribution in [0.15, 0.2) is 18.2 Å². The number of aliphatic hydroxyl groups excluding tert-OH is 1. The van der Waals surface area contributed by atoms with Gasteiger partial charge in [-0.3, -0.25) is 0 Å². The Kier molecular flexibility index (Phi) is 6.34. The van der Waals surface area contributed by atoms with Crippen LogP contribution in [0.1, 0.15) is 45.1 Å². The Hall–Kier alpha value is -0.770. The van der Waals surface area contributed by atoms with Crippen molar-refractivity contribution in [1.29, 1.82) is 0 Å². The molecule has 0 aromatic heterocycles. The number of nitrogens with zero attached hydrogens (tertiary/aromatic N) is 1. The van der Waals surface area contributed by atoms with E-state index in [9.17, 15) is 0 Å². The fourth-order valence-corrected chi connectivity index (χ4v) is 2.92. The third-order valence-corrected chi connectivity index (χ3v) is 4.36. The highest BCUT2D eigenvalue weighted by atomic mass is 35.5. The van der Waals surface area contributed by atoms with Crippen molar-refractivity contribution in [3.63, 3.8) is 0 Å². The molecule has 0 amide bonds. The van der Waals surface area contributed by atoms with Crippen molar-refractivity contribution in [3.05, 3.63) is 28.8 Å². The minimum absolute atomic E-state index is 0.246. The summed E-state index contributed by atoms with van der Waals surface area (Å²) in [7, 11) is 0. The molecule has 0 saturated heterocycles. The number of halogens is 1. The van der Waals surface area contributed by atoms with Crippen LogP contribution in [-0.2, 0) is 6.54 Å². The fraction of sp³-hybridized carbons (Fsp3) is 0.647. The van der Waals surface area contributed by atoms with E-state index < -0.39 is 0 Å². The second kappa shape index (κ2) is 8.02. The van der Waals surface area contributed by atoms with Gasteiger partial charge in [-0.1, -0.05) is 25.4 Å². The number of benzene rings is 1. The highest BCUT2D eigenvalue weighted by Gasteiger charge is 2.26. The molecule has 1 aromatic carbocycles. The van der Waals surface area contributed by atoms with Crippen LogP contribution in [0.2, 0.25) is 5.02 Å². The van der Waals surface area contributed by atoms with Crippen LogP contribution < -0.4 is 10.2 Å². The molecule has 0 aliphatic heterocycles. The zero-order chi connectivity index (χ0) is 15.2. The Bertz CT molecular complexity index is 446. The Balaban J connectivity index is 2.20. The van der Waals surface area contributed by atoms with Gasteiger partial charge in [-0.2, -0.15) is 0 Å². The van der Waals surface area contributed by atoms with E-state index in [1.807, 2.05) is 6.07 Å². The summed E-state index contributed by atoms with van der Waals surface area (Å²) in [6.45, 7) is 6.29. The highest BCUT2D eigenvalue weighted by Crippen LogP contribution is 2.33. The van der Waals surface area contributed by atoms with Crippen molar-refractivity contribution >= 4 is 17.3 Å². The van der Waals surface area contributed by atoms with Gasteiger partial charge in [0, 0.05) is 42.5 Å². The monoisotopic (exact) mass is 310 g/mol. The van der Waals surface area contributed by atoms with Crippen molar-refractivity contribution < 1.29 is 5.11 Å². The van der Waals surface area contributed by atoms with Gasteiger partial charge in [0.1, 0.15) is 0 Å². The summed E-state index contributed by atoms with van der Waals surface area (Å²) in [6, 6.07) is 7.24. The molecule has 3 nitrogen and oxygen atoms in total. The first-order valence-electron chi connectivity index (χ1n) is 8.01. The molecule has 1 aliphatic carbocycles. The van der Waals surface area contributed by atoms with Crippen molar-refractivity contribution in [3.8, 4) is 0 Å². The quantitative estimate of drug-likeness (QED) is 0.770. The van der Waals surface area contributed by atoms with Crippen molar-refractivity contribution in [2.75, 3.05) is 18.1 Å². The smallest absolute Gasteiger partial charge is 0.0447 e. The van der Waals surface area contributed by atoms with E-state index in [2.05, 4.69) is 36.2 Å². The van der Waals surface area contributed by atoms with Gasteiger partial charge in [0.15, 0.2) is 0 Å². The van der Waals surface area contributed by atoms with Gasteiger partial charge in [0.2, 0.25) is 0 Å². The highest BCUT2D eigenvalue weighted by molar-refractivity contribution is 6.30. The second-order valence-corrected chi connectivity index (χ2v) is 6.60. The number of aliphatic hydroxyl groups is 1. The van der Waals surface area contributed by atoms with E-state index in [0.717, 1.165) is 24.5 Å². The normalized spacial score (nSPS) is 15.3. The average Bonchev–Trinajstić information content (AvgIpc) is 2.39. The van der Waals surface area contributed by atoms with Gasteiger partial charge in [-0.05, 0) is 49.4 Å². The fourth-order valence-electron chi connectivity index (χ4n) is 2.73. The van der Waals surface area contributed by atoms with Gasteiger partial charge in [0.25, 0.3) is 0 Å². The largest absolute Gasteiger partial charge is 0.396 e. The lowest BCUT2D eigenvalue weighted by atomic mass is 9.90. The predicted molar refractivity (Wildman–Crippen MR) is 90.1 cm³/mol. The van der Waals surface area contributed by atoms with Crippen LogP contribution in [0.4, 0.5) is 5.69 Å². The molecule has 0 atom stereocenters. The number of rotatable bonds is 8. The zero-order valence-corrected chi connectivity index (χ0v) is 13.9. The molecule has 4 heteroatoms. The molecule has 0 heterocycles. The first-order valence-corrected chi connectivity index (χ1v) is 8.39. The van der Waals surface area contributed by atoms with Crippen LogP contribution in [0.5, 0.6) is 0 Å². The molecule has 2 rings (SSSR count). The molecule has 118 valence electrons. The molecule has 1 aliphatic rings. The Morgan fingerprint density at radius 1 is 1.38 bits per heavy atom. The topological polar surface area (TPSA) is 35.5 Å². The van der Waals surface area contributed by atoms with Gasteiger partial charge in [-0.15, -0.1) is 0 Å². The van der Waals surface area contributed by atoms with Gasteiger partial charge < -0.3 is 15.3 Å². The molecule has 0 spiro atoms. The van der Waals surface area contributed by atoms with Gasteiger partial charge >= 0.3 is 0 Å². The molecule has 0 unspecified atom stereocenters. The predicted octanol–water partition coefficient (Wildman–Crippen LogP) is 3.58. The SMILES string of the molecule is CC(C)NCc1cc(Cl)ccc1N(CCCO)C1CCC1. The van der Waals surface area contributed by atoms with Crippen LogP contribution in [0.3, 0.4) is 0 Å². The summed E-state index contributed by atoms with van der Waals surface area (Å²) in [5, 5.41) is 13.4. The molecule has 0 bridgehead atoms. The molecule has 1 saturated carbocycles. The number of nitrogens with one attached hydrogen (secondary N) is 1. The standard InChI is InChI=1S/C17H27ClN2O/c1-13(2)19-12-14-11-15(18)7-8-17(14)20(9-4-10-21)16-5-3-6-16/h7-8,11,13,16,19,21H,3-6,9-10,12H2,1-2H3. The maximum atomic E-state index is 9.16. The summed E-state index contributed by atoms with van der Waals surface area (Å²) in [5.74, 6) is 0. The van der Waals surface area contributed by atoms with Crippen molar-refractivity contribution in [2.45, 2.75) is 58.2 Å². The first-order chi connectivity index (χ1) is 10.1. The minimum Gasteiger partial charge on any atom is -0.396 e. The third kappa shape index (κ3) is 4.60. The van der Waals surface area contributed by atoms with Crippen molar-refractivity contribution in [1.82, 2.24) is 5.32 Å². The number of hydrogen-bond acceptors (Lipinski definition) is 3. The molecule has 21 heavy (non-hydrogen) atoms. The van der Waals surface area contributed by atoms with Crippen LogP contribution >= 0.6 is 11.6 Å². The molecule has 0 radical (unpaired) electrons.